The summed E-state index contributed by atoms with van der Waals surface area (Å²) in [6.07, 6.45) is -4.80. The smallest absolute Gasteiger partial charge is 0.377 e. The predicted octanol–water partition coefficient (Wildman–Crippen LogP) is -0.0659. The molecule has 0 heterocycles. The van der Waals surface area contributed by atoms with Gasteiger partial charge in [-0.2, -0.15) is 0 Å². The molecule has 0 spiro atoms. The molecule has 0 aliphatic heterocycles. The third kappa shape index (κ3) is 6.29. The van der Waals surface area contributed by atoms with E-state index in [1.807, 2.05) is 20.8 Å². The lowest BCUT2D eigenvalue weighted by molar-refractivity contribution is -0.181. The molecule has 0 aromatic rings. The van der Waals surface area contributed by atoms with Gasteiger partial charge >= 0.3 is 5.97 Å². The Kier molecular flexibility index (Phi) is 10.2. The van der Waals surface area contributed by atoms with Crippen molar-refractivity contribution in [3.8, 4) is 0 Å². The lowest BCUT2D eigenvalue weighted by Crippen LogP contribution is -2.61. The molecule has 0 bridgehead atoms. The number of allylic oxidation sites excluding steroid dienone is 1. The maximum atomic E-state index is 13.7. The van der Waals surface area contributed by atoms with Gasteiger partial charge in [0.05, 0.1) is 30.0 Å². The van der Waals surface area contributed by atoms with E-state index in [2.05, 4.69) is 0 Å². The topological polar surface area (TPSA) is 222 Å². The fourth-order valence-electron chi connectivity index (χ4n) is 9.19. The average molecular weight is 641 g/mol. The normalized spacial score (nSPS) is 39.8. The number of Topliss-reactive ketones (excluding diaryl/α,β-unsaturated/α-hetero) is 1. The fraction of sp³-hybridized carbons (Fsp3) is 0.848. The molecule has 12 nitrogen and oxygen atoms in total. The number of carbonyl (C=O) groups is 3. The number of carbonyl (C=O) groups excluding carboxylic acids is 3. The Labute approximate surface area is 264 Å². The van der Waals surface area contributed by atoms with E-state index in [0.29, 0.717) is 44.1 Å². The Balaban J connectivity index is 1.52. The van der Waals surface area contributed by atoms with Crippen molar-refractivity contribution >= 4 is 17.5 Å². The first kappa shape index (κ1) is 36.1. The third-order valence-electron chi connectivity index (χ3n) is 12.1. The fourth-order valence-corrected chi connectivity index (χ4v) is 9.19. The third-order valence-corrected chi connectivity index (χ3v) is 12.1. The molecule has 0 amide bonds. The molecule has 1 unspecified atom stereocenters. The maximum Gasteiger partial charge on any atom is 0.377 e. The monoisotopic (exact) mass is 640 g/mol. The molecule has 0 saturated heterocycles. The number of fused-ring (bicyclic) bond motifs is 5. The standard InChI is InChI=1S/C33H52O12/c1-16(21(35)8-9-30(2,3)43)17-7-11-33(44)19-12-22(36)20-13-25(45-29(42)28(41)27(40)26(39)24(38)15-34)23(37)14-31(20,4)18(19)6-10-32(17,33)5/h12,16-18,20-21,23-27,34-35,37-40,43-44H,6-11,13-15H2,1-5H3/t16-,17+,18-,20-,21?,23-,24-,25+,26+,27-,31+,32+,33+/m0/s1. The number of ketones is 2. The van der Waals surface area contributed by atoms with Crippen LogP contribution in [0.1, 0.15) is 86.0 Å². The summed E-state index contributed by atoms with van der Waals surface area (Å²) in [6, 6.07) is 0. The van der Waals surface area contributed by atoms with Crippen LogP contribution in [0.5, 0.6) is 0 Å². The van der Waals surface area contributed by atoms with Gasteiger partial charge in [-0.1, -0.05) is 20.8 Å². The molecule has 45 heavy (non-hydrogen) atoms. The van der Waals surface area contributed by atoms with E-state index in [0.717, 1.165) is 0 Å². The van der Waals surface area contributed by atoms with Gasteiger partial charge in [-0.3, -0.25) is 9.59 Å². The maximum absolute atomic E-state index is 13.7. The second kappa shape index (κ2) is 12.7. The number of ether oxygens (including phenoxy) is 1. The van der Waals surface area contributed by atoms with Gasteiger partial charge in [0.1, 0.15) is 18.3 Å². The Hall–Kier alpha value is -1.77. The van der Waals surface area contributed by atoms with E-state index in [4.69, 9.17) is 9.84 Å². The highest BCUT2D eigenvalue weighted by Crippen LogP contribution is 2.68. The van der Waals surface area contributed by atoms with Crippen LogP contribution >= 0.6 is 0 Å². The quantitative estimate of drug-likeness (QED) is 0.110. The van der Waals surface area contributed by atoms with Gasteiger partial charge in [-0.15, -0.1) is 0 Å². The van der Waals surface area contributed by atoms with E-state index in [-0.39, 0.29) is 36.4 Å². The molecule has 8 N–H and O–H groups in total. The van der Waals surface area contributed by atoms with E-state index in [1.54, 1.807) is 13.8 Å². The molecule has 4 aliphatic carbocycles. The van der Waals surface area contributed by atoms with Gasteiger partial charge in [-0.05, 0) is 100 Å². The summed E-state index contributed by atoms with van der Waals surface area (Å²) in [7, 11) is 0. The molecule has 0 aromatic heterocycles. The van der Waals surface area contributed by atoms with Gasteiger partial charge in [0.15, 0.2) is 11.9 Å². The first-order valence-corrected chi connectivity index (χ1v) is 16.2. The molecule has 13 atom stereocenters. The van der Waals surface area contributed by atoms with Crippen LogP contribution in [0.4, 0.5) is 0 Å². The van der Waals surface area contributed by atoms with Crippen LogP contribution in [0, 0.1) is 34.5 Å². The molecule has 0 aromatic carbocycles. The molecular weight excluding hydrogens is 588 g/mol. The number of hydrogen-bond acceptors (Lipinski definition) is 12. The van der Waals surface area contributed by atoms with Gasteiger partial charge in [0.2, 0.25) is 0 Å². The van der Waals surface area contributed by atoms with Gasteiger partial charge in [-0.25, -0.2) is 4.79 Å². The van der Waals surface area contributed by atoms with E-state index >= 15 is 0 Å². The predicted molar refractivity (Wildman–Crippen MR) is 159 cm³/mol. The summed E-state index contributed by atoms with van der Waals surface area (Å²) >= 11 is 0. The number of hydrogen-bond donors (Lipinski definition) is 8. The zero-order valence-corrected chi connectivity index (χ0v) is 26.9. The molecule has 3 saturated carbocycles. The largest absolute Gasteiger partial charge is 0.454 e. The molecule has 12 heteroatoms. The summed E-state index contributed by atoms with van der Waals surface area (Å²) in [5, 5.41) is 82.9. The Morgan fingerprint density at radius 1 is 1.07 bits per heavy atom. The molecule has 4 aliphatic rings. The van der Waals surface area contributed by atoms with Crippen molar-refractivity contribution in [3.63, 3.8) is 0 Å². The van der Waals surface area contributed by atoms with E-state index in [1.165, 1.54) is 6.08 Å². The van der Waals surface area contributed by atoms with E-state index in [9.17, 15) is 50.1 Å². The molecule has 256 valence electrons. The molecule has 3 fully saturated rings. The van der Waals surface area contributed by atoms with Crippen LogP contribution < -0.4 is 0 Å². The molecule has 0 radical (unpaired) electrons. The van der Waals surface area contributed by atoms with Gasteiger partial charge < -0.3 is 45.6 Å². The summed E-state index contributed by atoms with van der Waals surface area (Å²) in [4.78, 5) is 38.6. The van der Waals surface area contributed by atoms with E-state index < -0.39 is 82.9 Å². The van der Waals surface area contributed by atoms with Crippen molar-refractivity contribution < 1.29 is 60.0 Å². The molecular formula is C33H52O12. The average Bonchev–Trinajstić information content (AvgIpc) is 3.25. The Morgan fingerprint density at radius 3 is 2.31 bits per heavy atom. The molecule has 4 rings (SSSR count). The van der Waals surface area contributed by atoms with Crippen LogP contribution in [0.3, 0.4) is 0 Å². The minimum atomic E-state index is -2.36. The van der Waals surface area contributed by atoms with Crippen molar-refractivity contribution in [1.29, 1.82) is 0 Å². The first-order valence-electron chi connectivity index (χ1n) is 16.2. The zero-order valence-electron chi connectivity index (χ0n) is 26.9. The lowest BCUT2D eigenvalue weighted by atomic mass is 9.46. The number of aliphatic hydroxyl groups is 8. The Morgan fingerprint density at radius 2 is 1.71 bits per heavy atom. The van der Waals surface area contributed by atoms with Crippen LogP contribution in [-0.2, 0) is 19.1 Å². The van der Waals surface area contributed by atoms with Crippen molar-refractivity contribution in [1.82, 2.24) is 0 Å². The highest BCUT2D eigenvalue weighted by molar-refractivity contribution is 6.35. The van der Waals surface area contributed by atoms with Crippen LogP contribution in [0.25, 0.3) is 0 Å². The summed E-state index contributed by atoms with van der Waals surface area (Å²) in [5.41, 5.74) is -2.91. The second-order valence-corrected chi connectivity index (χ2v) is 15.4. The number of rotatable bonds is 11. The Bertz CT molecular complexity index is 1180. The van der Waals surface area contributed by atoms with Gasteiger partial charge in [0.25, 0.3) is 5.78 Å². The number of aliphatic hydroxyl groups excluding tert-OH is 6. The lowest BCUT2D eigenvalue weighted by Gasteiger charge is -2.60. The second-order valence-electron chi connectivity index (χ2n) is 15.4. The summed E-state index contributed by atoms with van der Waals surface area (Å²) < 4.78 is 5.22. The minimum absolute atomic E-state index is 0.0209. The summed E-state index contributed by atoms with van der Waals surface area (Å²) in [5.74, 6) is -4.46. The zero-order chi connectivity index (χ0) is 33.9. The van der Waals surface area contributed by atoms with Crippen molar-refractivity contribution in [2.45, 2.75) is 134 Å². The van der Waals surface area contributed by atoms with Crippen molar-refractivity contribution in [2.24, 2.45) is 34.5 Å². The minimum Gasteiger partial charge on any atom is -0.454 e. The first-order chi connectivity index (χ1) is 20.7. The van der Waals surface area contributed by atoms with Crippen LogP contribution in [-0.4, -0.2) is 113 Å². The van der Waals surface area contributed by atoms with Crippen LogP contribution in [0.2, 0.25) is 0 Å². The summed E-state index contributed by atoms with van der Waals surface area (Å²) in [6.45, 7) is 8.37. The SMILES string of the molecule is C[C@H](C(O)CCC(C)(C)O)[C@H]1CC[C@@]2(O)C3=CC(=O)[C@@H]4C[C@@H](OC(=O)C(=O)[C@@H](O)[C@H](O)[C@@H](O)CO)[C@@H](O)C[C@]4(C)[C@H]3CC[C@]12C. The van der Waals surface area contributed by atoms with Crippen LogP contribution in [0.15, 0.2) is 11.6 Å². The van der Waals surface area contributed by atoms with Crippen molar-refractivity contribution in [3.05, 3.63) is 11.6 Å². The number of esters is 1. The highest BCUT2D eigenvalue weighted by Gasteiger charge is 2.67. The van der Waals surface area contributed by atoms with Gasteiger partial charge in [0, 0.05) is 11.3 Å². The van der Waals surface area contributed by atoms with Crippen molar-refractivity contribution in [2.75, 3.05) is 6.61 Å². The highest BCUT2D eigenvalue weighted by atomic mass is 16.6.